The summed E-state index contributed by atoms with van der Waals surface area (Å²) in [7, 11) is -5.23. The highest BCUT2D eigenvalue weighted by Crippen LogP contribution is 2.30. The summed E-state index contributed by atoms with van der Waals surface area (Å²) in [5.41, 5.74) is -5.24. The van der Waals surface area contributed by atoms with Crippen LogP contribution in [0.1, 0.15) is 47.0 Å². The first-order valence-corrected chi connectivity index (χ1v) is 11.7. The van der Waals surface area contributed by atoms with E-state index in [1.54, 1.807) is 0 Å². The summed E-state index contributed by atoms with van der Waals surface area (Å²) in [5, 5.41) is 6.41. The number of guanidine groups is 1. The van der Waals surface area contributed by atoms with Crippen LogP contribution in [0.15, 0.2) is 4.99 Å². The lowest BCUT2D eigenvalue weighted by Gasteiger charge is -2.31. The van der Waals surface area contributed by atoms with Gasteiger partial charge in [0.2, 0.25) is 0 Å². The Balaban J connectivity index is 0.00000841. The second kappa shape index (κ2) is 13.9. The second-order valence-corrected chi connectivity index (χ2v) is 9.40. The van der Waals surface area contributed by atoms with E-state index in [9.17, 15) is 21.6 Å². The fourth-order valence-electron chi connectivity index (χ4n) is 3.20. The standard InChI is InChI=1S/C18H35F3N4O3S.HI/c1-5-22-17(23-10-7-16(14(3)4)28-6-2)24-13-15-8-11-25(12-9-15)29(26,27)18(19,20)21;/h14-16H,5-13H2,1-4H3,(H2,22,23,24);1H. The maximum absolute atomic E-state index is 12.7. The zero-order valence-electron chi connectivity index (χ0n) is 18.2. The molecule has 12 heteroatoms. The number of nitrogens with one attached hydrogen (secondary N) is 2. The molecule has 1 aliphatic heterocycles. The number of piperidine rings is 1. The molecule has 7 nitrogen and oxygen atoms in total. The van der Waals surface area contributed by atoms with Crippen LogP contribution in [0.4, 0.5) is 13.2 Å². The summed E-state index contributed by atoms with van der Waals surface area (Å²) in [6.07, 6.45) is 1.72. The Bertz CT molecular complexity index is 610. The average Bonchev–Trinajstić information content (AvgIpc) is 2.64. The number of alkyl halides is 3. The zero-order valence-corrected chi connectivity index (χ0v) is 21.3. The molecule has 1 fully saturated rings. The second-order valence-electron chi connectivity index (χ2n) is 7.47. The fraction of sp³-hybridized carbons (Fsp3) is 0.944. The maximum Gasteiger partial charge on any atom is 0.511 e. The minimum absolute atomic E-state index is 0. The summed E-state index contributed by atoms with van der Waals surface area (Å²) >= 11 is 0. The fourth-order valence-corrected chi connectivity index (χ4v) is 4.18. The SMILES string of the molecule is CCNC(=NCC1CCN(S(=O)(=O)C(F)(F)F)CC1)NCCC(OCC)C(C)C.I. The van der Waals surface area contributed by atoms with Crippen LogP contribution in [0.5, 0.6) is 0 Å². The maximum atomic E-state index is 12.7. The van der Waals surface area contributed by atoms with Gasteiger partial charge < -0.3 is 15.4 Å². The number of hydrogen-bond donors (Lipinski definition) is 2. The molecule has 0 aliphatic carbocycles. The van der Waals surface area contributed by atoms with Gasteiger partial charge in [0.05, 0.1) is 6.10 Å². The molecule has 0 amide bonds. The Morgan fingerprint density at radius 2 is 1.80 bits per heavy atom. The topological polar surface area (TPSA) is 83.0 Å². The molecule has 1 heterocycles. The Kier molecular flexibility index (Phi) is 13.8. The van der Waals surface area contributed by atoms with E-state index in [0.29, 0.717) is 55.3 Å². The third kappa shape index (κ3) is 9.43. The predicted octanol–water partition coefficient (Wildman–Crippen LogP) is 3.17. The van der Waals surface area contributed by atoms with Crippen molar-refractivity contribution in [2.24, 2.45) is 16.8 Å². The van der Waals surface area contributed by atoms with Crippen LogP contribution >= 0.6 is 24.0 Å². The van der Waals surface area contributed by atoms with Gasteiger partial charge in [-0.1, -0.05) is 13.8 Å². The van der Waals surface area contributed by atoms with Gasteiger partial charge in [-0.15, -0.1) is 24.0 Å². The van der Waals surface area contributed by atoms with Crippen molar-refractivity contribution in [3.05, 3.63) is 0 Å². The third-order valence-electron chi connectivity index (χ3n) is 4.90. The molecular formula is C18H36F3IN4O3S. The first-order chi connectivity index (χ1) is 13.5. The van der Waals surface area contributed by atoms with Crippen molar-refractivity contribution in [1.29, 1.82) is 0 Å². The van der Waals surface area contributed by atoms with Crippen molar-refractivity contribution in [2.45, 2.75) is 58.6 Å². The van der Waals surface area contributed by atoms with Gasteiger partial charge in [0.25, 0.3) is 0 Å². The van der Waals surface area contributed by atoms with E-state index in [4.69, 9.17) is 4.74 Å². The number of ether oxygens (including phenoxy) is 1. The van der Waals surface area contributed by atoms with Gasteiger partial charge in [-0.2, -0.15) is 17.5 Å². The first-order valence-electron chi connectivity index (χ1n) is 10.2. The minimum atomic E-state index is -5.24. The summed E-state index contributed by atoms with van der Waals surface area (Å²) in [4.78, 5) is 4.52. The van der Waals surface area contributed by atoms with Gasteiger partial charge in [-0.25, -0.2) is 8.42 Å². The van der Waals surface area contributed by atoms with E-state index in [2.05, 4.69) is 29.5 Å². The predicted molar refractivity (Wildman–Crippen MR) is 124 cm³/mol. The molecular weight excluding hydrogens is 536 g/mol. The Labute approximate surface area is 195 Å². The van der Waals surface area contributed by atoms with Crippen molar-refractivity contribution in [1.82, 2.24) is 14.9 Å². The largest absolute Gasteiger partial charge is 0.511 e. The molecule has 2 N–H and O–H groups in total. The molecule has 0 aromatic carbocycles. The number of hydrogen-bond acceptors (Lipinski definition) is 4. The van der Waals surface area contributed by atoms with Gasteiger partial charge in [-0.05, 0) is 44.9 Å². The highest BCUT2D eigenvalue weighted by molar-refractivity contribution is 14.0. The molecule has 1 rings (SSSR count). The van der Waals surface area contributed by atoms with E-state index in [0.717, 1.165) is 6.42 Å². The first kappa shape index (κ1) is 29.7. The van der Waals surface area contributed by atoms with E-state index >= 15 is 0 Å². The summed E-state index contributed by atoms with van der Waals surface area (Å²) in [6.45, 7) is 10.4. The molecule has 0 spiro atoms. The van der Waals surface area contributed by atoms with Crippen LogP contribution < -0.4 is 10.6 Å². The highest BCUT2D eigenvalue weighted by atomic mass is 127. The molecule has 0 saturated carbocycles. The van der Waals surface area contributed by atoms with Gasteiger partial charge in [0.15, 0.2) is 5.96 Å². The average molecular weight is 572 g/mol. The van der Waals surface area contributed by atoms with Crippen LogP contribution in [-0.2, 0) is 14.8 Å². The van der Waals surface area contributed by atoms with Crippen LogP contribution in [0.3, 0.4) is 0 Å². The van der Waals surface area contributed by atoms with E-state index in [1.165, 1.54) is 0 Å². The molecule has 0 bridgehead atoms. The number of aliphatic imine (C=N–C) groups is 1. The Morgan fingerprint density at radius 1 is 1.20 bits per heavy atom. The van der Waals surface area contributed by atoms with Gasteiger partial charge >= 0.3 is 15.5 Å². The van der Waals surface area contributed by atoms with Crippen LogP contribution in [0, 0.1) is 11.8 Å². The molecule has 0 aromatic rings. The van der Waals surface area contributed by atoms with Crippen molar-refractivity contribution in [3.8, 4) is 0 Å². The van der Waals surface area contributed by atoms with Crippen molar-refractivity contribution in [3.63, 3.8) is 0 Å². The lowest BCUT2D eigenvalue weighted by atomic mass is 9.98. The zero-order chi connectivity index (χ0) is 22.1. The molecule has 30 heavy (non-hydrogen) atoms. The minimum Gasteiger partial charge on any atom is -0.378 e. The number of halogens is 4. The lowest BCUT2D eigenvalue weighted by Crippen LogP contribution is -2.45. The number of rotatable bonds is 10. The van der Waals surface area contributed by atoms with Crippen molar-refractivity contribution in [2.75, 3.05) is 39.3 Å². The van der Waals surface area contributed by atoms with Crippen molar-refractivity contribution >= 4 is 40.0 Å². The summed E-state index contributed by atoms with van der Waals surface area (Å²) in [5.74, 6) is 1.11. The quantitative estimate of drug-likeness (QED) is 0.239. The van der Waals surface area contributed by atoms with Crippen LogP contribution in [0.25, 0.3) is 0 Å². The summed E-state index contributed by atoms with van der Waals surface area (Å²) in [6, 6.07) is 0. The van der Waals surface area contributed by atoms with Gasteiger partial charge in [0.1, 0.15) is 0 Å². The molecule has 1 aliphatic rings. The van der Waals surface area contributed by atoms with Crippen LogP contribution in [-0.4, -0.2) is 69.6 Å². The van der Waals surface area contributed by atoms with Crippen LogP contribution in [0.2, 0.25) is 0 Å². The Hall–Kier alpha value is -0.340. The molecule has 0 aromatic heterocycles. The molecule has 1 unspecified atom stereocenters. The van der Waals surface area contributed by atoms with E-state index < -0.39 is 15.5 Å². The lowest BCUT2D eigenvalue weighted by molar-refractivity contribution is -0.0496. The monoisotopic (exact) mass is 572 g/mol. The number of sulfonamides is 1. The van der Waals surface area contributed by atoms with Gasteiger partial charge in [0, 0.05) is 39.3 Å². The molecule has 180 valence electrons. The van der Waals surface area contributed by atoms with Crippen molar-refractivity contribution < 1.29 is 26.3 Å². The van der Waals surface area contributed by atoms with E-state index in [1.807, 2.05) is 13.8 Å². The Morgan fingerprint density at radius 3 is 2.27 bits per heavy atom. The van der Waals surface area contributed by atoms with Gasteiger partial charge in [-0.3, -0.25) is 4.99 Å². The molecule has 1 saturated heterocycles. The number of nitrogens with zero attached hydrogens (tertiary/aromatic N) is 2. The molecule has 1 atom stereocenters. The van der Waals surface area contributed by atoms with E-state index in [-0.39, 0.29) is 49.1 Å². The highest BCUT2D eigenvalue weighted by Gasteiger charge is 2.50. The smallest absolute Gasteiger partial charge is 0.378 e. The summed E-state index contributed by atoms with van der Waals surface area (Å²) < 4.78 is 67.2. The normalized spacial score (nSPS) is 18.2. The molecule has 0 radical (unpaired) electrons. The third-order valence-corrected chi connectivity index (χ3v) is 6.53.